The van der Waals surface area contributed by atoms with E-state index in [1.165, 1.54) is 0 Å². The van der Waals surface area contributed by atoms with Gasteiger partial charge in [0.2, 0.25) is 0 Å². The molecule has 1 rings (SSSR count). The standard InChI is InChI=1S/C9H13NO2/c1-3-4-10-9(11)8-5-7(2)6-12-8/h5-6H,3-4H2,1-2H3,(H,10,11). The summed E-state index contributed by atoms with van der Waals surface area (Å²) < 4.78 is 5.01. The first-order valence-electron chi connectivity index (χ1n) is 4.07. The van der Waals surface area contributed by atoms with Crippen molar-refractivity contribution in [3.8, 4) is 0 Å². The van der Waals surface area contributed by atoms with E-state index in [4.69, 9.17) is 4.42 Å². The molecule has 0 aliphatic rings. The molecule has 0 saturated heterocycles. The van der Waals surface area contributed by atoms with E-state index in [1.54, 1.807) is 12.3 Å². The van der Waals surface area contributed by atoms with Crippen LogP contribution in [-0.4, -0.2) is 12.5 Å². The summed E-state index contributed by atoms with van der Waals surface area (Å²) >= 11 is 0. The Hall–Kier alpha value is -1.25. The molecule has 66 valence electrons. The summed E-state index contributed by atoms with van der Waals surface area (Å²) in [6.07, 6.45) is 2.51. The average Bonchev–Trinajstić information content (AvgIpc) is 2.47. The third kappa shape index (κ3) is 2.12. The number of hydrogen-bond donors (Lipinski definition) is 1. The van der Waals surface area contributed by atoms with Gasteiger partial charge >= 0.3 is 0 Å². The van der Waals surface area contributed by atoms with Gasteiger partial charge in [-0.1, -0.05) is 6.92 Å². The molecule has 0 bridgehead atoms. The molecule has 3 heteroatoms. The monoisotopic (exact) mass is 167 g/mol. The van der Waals surface area contributed by atoms with E-state index in [0.717, 1.165) is 12.0 Å². The molecule has 1 aromatic rings. The van der Waals surface area contributed by atoms with Gasteiger partial charge < -0.3 is 9.73 Å². The summed E-state index contributed by atoms with van der Waals surface area (Å²) in [7, 11) is 0. The highest BCUT2D eigenvalue weighted by molar-refractivity contribution is 5.91. The zero-order valence-electron chi connectivity index (χ0n) is 7.39. The Morgan fingerprint density at radius 2 is 2.42 bits per heavy atom. The number of nitrogens with one attached hydrogen (secondary N) is 1. The van der Waals surface area contributed by atoms with Crippen LogP contribution in [0.5, 0.6) is 0 Å². The van der Waals surface area contributed by atoms with Crippen molar-refractivity contribution in [1.82, 2.24) is 5.32 Å². The highest BCUT2D eigenvalue weighted by Crippen LogP contribution is 2.05. The minimum Gasteiger partial charge on any atom is -0.459 e. The summed E-state index contributed by atoms with van der Waals surface area (Å²) in [6.45, 7) is 4.59. The topological polar surface area (TPSA) is 42.2 Å². The van der Waals surface area contributed by atoms with E-state index in [0.29, 0.717) is 12.3 Å². The first-order chi connectivity index (χ1) is 5.74. The Morgan fingerprint density at radius 3 is 2.92 bits per heavy atom. The largest absolute Gasteiger partial charge is 0.459 e. The minimum atomic E-state index is -0.134. The van der Waals surface area contributed by atoms with E-state index in [1.807, 2.05) is 13.8 Å². The second kappa shape index (κ2) is 3.95. The lowest BCUT2D eigenvalue weighted by Crippen LogP contribution is -2.23. The highest BCUT2D eigenvalue weighted by Gasteiger charge is 2.07. The van der Waals surface area contributed by atoms with E-state index >= 15 is 0 Å². The van der Waals surface area contributed by atoms with Crippen LogP contribution >= 0.6 is 0 Å². The van der Waals surface area contributed by atoms with Gasteiger partial charge in [-0.15, -0.1) is 0 Å². The summed E-state index contributed by atoms with van der Waals surface area (Å²) in [5.74, 6) is 0.255. The van der Waals surface area contributed by atoms with E-state index < -0.39 is 0 Å². The van der Waals surface area contributed by atoms with Crippen molar-refractivity contribution in [3.05, 3.63) is 23.7 Å². The van der Waals surface area contributed by atoms with Crippen molar-refractivity contribution >= 4 is 5.91 Å². The normalized spacial score (nSPS) is 9.83. The van der Waals surface area contributed by atoms with Crippen molar-refractivity contribution < 1.29 is 9.21 Å². The molecule has 0 aliphatic heterocycles. The Labute approximate surface area is 71.8 Å². The summed E-state index contributed by atoms with van der Waals surface area (Å²) in [6, 6.07) is 1.73. The first-order valence-corrected chi connectivity index (χ1v) is 4.07. The molecule has 1 amide bonds. The molecular formula is C9H13NO2. The van der Waals surface area contributed by atoms with E-state index in [2.05, 4.69) is 5.32 Å². The maximum atomic E-state index is 11.2. The molecule has 0 atom stereocenters. The van der Waals surface area contributed by atoms with Crippen LogP contribution in [0.2, 0.25) is 0 Å². The Kier molecular flexibility index (Phi) is 2.91. The Bertz CT molecular complexity index is 265. The number of amides is 1. The van der Waals surface area contributed by atoms with Gasteiger partial charge in [0.25, 0.3) is 5.91 Å². The van der Waals surface area contributed by atoms with Crippen LogP contribution < -0.4 is 5.32 Å². The quantitative estimate of drug-likeness (QED) is 0.744. The lowest BCUT2D eigenvalue weighted by Gasteiger charge is -1.98. The number of carbonyl (C=O) groups is 1. The maximum Gasteiger partial charge on any atom is 0.286 e. The van der Waals surface area contributed by atoms with Crippen LogP contribution in [0.3, 0.4) is 0 Å². The third-order valence-electron chi connectivity index (χ3n) is 1.49. The fourth-order valence-corrected chi connectivity index (χ4v) is 0.876. The number of rotatable bonds is 3. The molecule has 1 aromatic heterocycles. The van der Waals surface area contributed by atoms with E-state index in [-0.39, 0.29) is 5.91 Å². The van der Waals surface area contributed by atoms with Crippen LogP contribution in [0.4, 0.5) is 0 Å². The van der Waals surface area contributed by atoms with Crippen LogP contribution in [0, 0.1) is 6.92 Å². The molecule has 1 heterocycles. The molecule has 12 heavy (non-hydrogen) atoms. The average molecular weight is 167 g/mol. The fourth-order valence-electron chi connectivity index (χ4n) is 0.876. The first kappa shape index (κ1) is 8.84. The highest BCUT2D eigenvalue weighted by atomic mass is 16.3. The van der Waals surface area contributed by atoms with Crippen molar-refractivity contribution in [2.45, 2.75) is 20.3 Å². The number of hydrogen-bond acceptors (Lipinski definition) is 2. The Morgan fingerprint density at radius 1 is 1.67 bits per heavy atom. The predicted molar refractivity (Wildman–Crippen MR) is 46.1 cm³/mol. The van der Waals surface area contributed by atoms with Crippen molar-refractivity contribution in [2.75, 3.05) is 6.54 Å². The third-order valence-corrected chi connectivity index (χ3v) is 1.49. The van der Waals surface area contributed by atoms with Gasteiger partial charge in [0.05, 0.1) is 6.26 Å². The Balaban J connectivity index is 2.53. The van der Waals surface area contributed by atoms with Crippen molar-refractivity contribution in [3.63, 3.8) is 0 Å². The molecule has 0 radical (unpaired) electrons. The second-order valence-electron chi connectivity index (χ2n) is 2.74. The van der Waals surface area contributed by atoms with Crippen molar-refractivity contribution in [1.29, 1.82) is 0 Å². The number of carbonyl (C=O) groups excluding carboxylic acids is 1. The smallest absolute Gasteiger partial charge is 0.286 e. The van der Waals surface area contributed by atoms with Crippen LogP contribution in [0.25, 0.3) is 0 Å². The molecular weight excluding hydrogens is 154 g/mol. The fraction of sp³-hybridized carbons (Fsp3) is 0.444. The predicted octanol–water partition coefficient (Wildman–Crippen LogP) is 1.73. The van der Waals surface area contributed by atoms with Gasteiger partial charge in [-0.2, -0.15) is 0 Å². The molecule has 0 aromatic carbocycles. The van der Waals surface area contributed by atoms with Crippen LogP contribution in [0.15, 0.2) is 16.7 Å². The van der Waals surface area contributed by atoms with Gasteiger partial charge in [0.1, 0.15) is 0 Å². The maximum absolute atomic E-state index is 11.2. The zero-order valence-corrected chi connectivity index (χ0v) is 7.39. The molecule has 1 N–H and O–H groups in total. The zero-order chi connectivity index (χ0) is 8.97. The summed E-state index contributed by atoms with van der Waals surface area (Å²) in [5, 5.41) is 2.73. The van der Waals surface area contributed by atoms with Gasteiger partial charge in [-0.25, -0.2) is 0 Å². The molecule has 0 fully saturated rings. The lowest BCUT2D eigenvalue weighted by molar-refractivity contribution is 0.0926. The molecule has 0 aliphatic carbocycles. The molecule has 0 spiro atoms. The molecule has 3 nitrogen and oxygen atoms in total. The van der Waals surface area contributed by atoms with Crippen LogP contribution in [-0.2, 0) is 0 Å². The van der Waals surface area contributed by atoms with Crippen LogP contribution in [0.1, 0.15) is 29.5 Å². The SMILES string of the molecule is CCCNC(=O)c1cc(C)co1. The minimum absolute atomic E-state index is 0.134. The molecule has 0 unspecified atom stereocenters. The van der Waals surface area contributed by atoms with E-state index in [9.17, 15) is 4.79 Å². The number of aryl methyl sites for hydroxylation is 1. The van der Waals surface area contributed by atoms with Gasteiger partial charge in [-0.3, -0.25) is 4.79 Å². The summed E-state index contributed by atoms with van der Waals surface area (Å²) in [5.41, 5.74) is 0.969. The van der Waals surface area contributed by atoms with Gasteiger partial charge in [0, 0.05) is 6.54 Å². The lowest BCUT2D eigenvalue weighted by atomic mass is 10.3. The second-order valence-corrected chi connectivity index (χ2v) is 2.74. The molecule has 0 saturated carbocycles. The number of furan rings is 1. The van der Waals surface area contributed by atoms with Gasteiger partial charge in [0.15, 0.2) is 5.76 Å². The summed E-state index contributed by atoms with van der Waals surface area (Å²) in [4.78, 5) is 11.2. The van der Waals surface area contributed by atoms with Gasteiger partial charge in [-0.05, 0) is 25.0 Å². The van der Waals surface area contributed by atoms with Crippen molar-refractivity contribution in [2.24, 2.45) is 0 Å².